The monoisotopic (exact) mass is 246 g/mol. The van der Waals surface area contributed by atoms with Crippen molar-refractivity contribution in [3.05, 3.63) is 47.8 Å². The lowest BCUT2D eigenvalue weighted by Crippen LogP contribution is -2.30. The standard InChI is InChI=1S/C14H15FN2O/c1-16-8-9-17-14(18)12-6-7-13(15)11-5-3-2-4-10(11)12/h2-7,16H,8-9H2,1H3,(H,17,18). The van der Waals surface area contributed by atoms with Crippen LogP contribution in [-0.2, 0) is 0 Å². The fourth-order valence-electron chi connectivity index (χ4n) is 1.86. The molecule has 0 saturated heterocycles. The zero-order valence-electron chi connectivity index (χ0n) is 10.2. The first-order valence-corrected chi connectivity index (χ1v) is 5.84. The van der Waals surface area contributed by atoms with Crippen molar-refractivity contribution in [1.82, 2.24) is 10.6 Å². The fraction of sp³-hybridized carbons (Fsp3) is 0.214. The van der Waals surface area contributed by atoms with Gasteiger partial charge in [-0.15, -0.1) is 0 Å². The number of halogens is 1. The topological polar surface area (TPSA) is 41.1 Å². The first-order chi connectivity index (χ1) is 8.74. The van der Waals surface area contributed by atoms with Crippen molar-refractivity contribution in [2.24, 2.45) is 0 Å². The van der Waals surface area contributed by atoms with Gasteiger partial charge in [0.05, 0.1) is 0 Å². The number of amides is 1. The van der Waals surface area contributed by atoms with E-state index in [1.807, 2.05) is 7.05 Å². The van der Waals surface area contributed by atoms with E-state index in [0.29, 0.717) is 29.4 Å². The van der Waals surface area contributed by atoms with Gasteiger partial charge in [0.1, 0.15) is 5.82 Å². The molecule has 0 bridgehead atoms. The van der Waals surface area contributed by atoms with Gasteiger partial charge in [-0.3, -0.25) is 4.79 Å². The summed E-state index contributed by atoms with van der Waals surface area (Å²) in [5.41, 5.74) is 0.503. The molecule has 0 saturated carbocycles. The van der Waals surface area contributed by atoms with Crippen LogP contribution in [0.15, 0.2) is 36.4 Å². The van der Waals surface area contributed by atoms with Gasteiger partial charge < -0.3 is 10.6 Å². The molecule has 2 aromatic carbocycles. The van der Waals surface area contributed by atoms with Gasteiger partial charge in [-0.25, -0.2) is 4.39 Å². The molecule has 0 aromatic heterocycles. The fourth-order valence-corrected chi connectivity index (χ4v) is 1.86. The zero-order valence-corrected chi connectivity index (χ0v) is 10.2. The molecule has 0 atom stereocenters. The second-order valence-corrected chi connectivity index (χ2v) is 4.00. The van der Waals surface area contributed by atoms with E-state index in [0.717, 1.165) is 0 Å². The Morgan fingerprint density at radius 2 is 1.83 bits per heavy atom. The first kappa shape index (κ1) is 12.5. The second-order valence-electron chi connectivity index (χ2n) is 4.00. The largest absolute Gasteiger partial charge is 0.351 e. The highest BCUT2D eigenvalue weighted by Gasteiger charge is 2.11. The summed E-state index contributed by atoms with van der Waals surface area (Å²) in [5.74, 6) is -0.487. The molecule has 0 aliphatic heterocycles. The SMILES string of the molecule is CNCCNC(=O)c1ccc(F)c2ccccc12. The minimum Gasteiger partial charge on any atom is -0.351 e. The first-order valence-electron chi connectivity index (χ1n) is 5.84. The zero-order chi connectivity index (χ0) is 13.0. The molecule has 94 valence electrons. The molecule has 0 aliphatic carbocycles. The van der Waals surface area contributed by atoms with Gasteiger partial charge in [-0.1, -0.05) is 24.3 Å². The lowest BCUT2D eigenvalue weighted by atomic mass is 10.0. The average molecular weight is 246 g/mol. The van der Waals surface area contributed by atoms with Gasteiger partial charge in [0.25, 0.3) is 5.91 Å². The summed E-state index contributed by atoms with van der Waals surface area (Å²) in [6, 6.07) is 9.84. The average Bonchev–Trinajstić information content (AvgIpc) is 2.39. The maximum absolute atomic E-state index is 13.6. The number of rotatable bonds is 4. The van der Waals surface area contributed by atoms with Crippen molar-refractivity contribution in [1.29, 1.82) is 0 Å². The third-order valence-electron chi connectivity index (χ3n) is 2.78. The smallest absolute Gasteiger partial charge is 0.251 e. The van der Waals surface area contributed by atoms with E-state index in [4.69, 9.17) is 0 Å². The van der Waals surface area contributed by atoms with Crippen LogP contribution in [0.3, 0.4) is 0 Å². The lowest BCUT2D eigenvalue weighted by Gasteiger charge is -2.08. The molecule has 2 aromatic rings. The van der Waals surface area contributed by atoms with Crippen LogP contribution in [0.4, 0.5) is 4.39 Å². The minimum absolute atomic E-state index is 0.179. The summed E-state index contributed by atoms with van der Waals surface area (Å²) in [7, 11) is 1.82. The normalized spacial score (nSPS) is 10.6. The van der Waals surface area contributed by atoms with Gasteiger partial charge in [0.15, 0.2) is 0 Å². The molecule has 0 radical (unpaired) electrons. The van der Waals surface area contributed by atoms with Gasteiger partial charge in [-0.2, -0.15) is 0 Å². The van der Waals surface area contributed by atoms with Crippen LogP contribution in [0, 0.1) is 5.82 Å². The molecule has 0 unspecified atom stereocenters. The number of carbonyl (C=O) groups is 1. The molecular formula is C14H15FN2O. The van der Waals surface area contributed by atoms with Crippen molar-refractivity contribution in [3.8, 4) is 0 Å². The number of hydrogen-bond acceptors (Lipinski definition) is 2. The minimum atomic E-state index is -0.308. The Morgan fingerprint density at radius 1 is 1.11 bits per heavy atom. The molecule has 4 heteroatoms. The lowest BCUT2D eigenvalue weighted by molar-refractivity contribution is 0.0956. The molecule has 1 amide bonds. The van der Waals surface area contributed by atoms with Crippen molar-refractivity contribution in [2.45, 2.75) is 0 Å². The Kier molecular flexibility index (Phi) is 3.89. The van der Waals surface area contributed by atoms with Crippen LogP contribution in [0.2, 0.25) is 0 Å². The summed E-state index contributed by atoms with van der Waals surface area (Å²) >= 11 is 0. The molecule has 0 fully saturated rings. The van der Waals surface area contributed by atoms with Gasteiger partial charge >= 0.3 is 0 Å². The second kappa shape index (κ2) is 5.60. The van der Waals surface area contributed by atoms with Crippen LogP contribution in [-0.4, -0.2) is 26.0 Å². The van der Waals surface area contributed by atoms with E-state index >= 15 is 0 Å². The molecule has 0 aliphatic rings. The quantitative estimate of drug-likeness (QED) is 0.809. The van der Waals surface area contributed by atoms with E-state index in [-0.39, 0.29) is 11.7 Å². The Labute approximate surface area is 105 Å². The molecule has 0 spiro atoms. The number of hydrogen-bond donors (Lipinski definition) is 2. The highest BCUT2D eigenvalue weighted by Crippen LogP contribution is 2.21. The third kappa shape index (κ3) is 2.49. The summed E-state index contributed by atoms with van der Waals surface area (Å²) in [6.45, 7) is 1.24. The van der Waals surface area contributed by atoms with Crippen molar-refractivity contribution in [2.75, 3.05) is 20.1 Å². The molecule has 3 nitrogen and oxygen atoms in total. The van der Waals surface area contributed by atoms with Gasteiger partial charge in [0, 0.05) is 24.0 Å². The van der Waals surface area contributed by atoms with Crippen LogP contribution >= 0.6 is 0 Å². The summed E-state index contributed by atoms with van der Waals surface area (Å²) in [6.07, 6.45) is 0. The summed E-state index contributed by atoms with van der Waals surface area (Å²) in [5, 5.41) is 6.84. The number of likely N-dealkylation sites (N-methyl/N-ethyl adjacent to an activating group) is 1. The highest BCUT2D eigenvalue weighted by molar-refractivity contribution is 6.07. The number of carbonyl (C=O) groups excluding carboxylic acids is 1. The van der Waals surface area contributed by atoms with E-state index in [1.165, 1.54) is 12.1 Å². The van der Waals surface area contributed by atoms with Crippen molar-refractivity contribution in [3.63, 3.8) is 0 Å². The molecule has 18 heavy (non-hydrogen) atoms. The third-order valence-corrected chi connectivity index (χ3v) is 2.78. The number of benzene rings is 2. The van der Waals surface area contributed by atoms with Gasteiger partial charge in [0.2, 0.25) is 0 Å². The predicted octanol–water partition coefficient (Wildman–Crippen LogP) is 1.93. The van der Waals surface area contributed by atoms with E-state index in [1.54, 1.807) is 24.3 Å². The Bertz CT molecular complexity index is 569. The predicted molar refractivity (Wildman–Crippen MR) is 70.2 cm³/mol. The Balaban J connectivity index is 2.33. The van der Waals surface area contributed by atoms with Crippen molar-refractivity contribution >= 4 is 16.7 Å². The Hall–Kier alpha value is -1.94. The van der Waals surface area contributed by atoms with E-state index in [2.05, 4.69) is 10.6 Å². The molecular weight excluding hydrogens is 231 g/mol. The Morgan fingerprint density at radius 3 is 2.56 bits per heavy atom. The maximum atomic E-state index is 13.6. The molecule has 2 N–H and O–H groups in total. The van der Waals surface area contributed by atoms with E-state index in [9.17, 15) is 9.18 Å². The number of fused-ring (bicyclic) bond motifs is 1. The summed E-state index contributed by atoms with van der Waals surface area (Å²) < 4.78 is 13.6. The number of nitrogens with one attached hydrogen (secondary N) is 2. The van der Waals surface area contributed by atoms with Crippen LogP contribution in [0.1, 0.15) is 10.4 Å². The van der Waals surface area contributed by atoms with Crippen molar-refractivity contribution < 1.29 is 9.18 Å². The van der Waals surface area contributed by atoms with Crippen LogP contribution in [0.25, 0.3) is 10.8 Å². The highest BCUT2D eigenvalue weighted by atomic mass is 19.1. The molecule has 0 heterocycles. The maximum Gasteiger partial charge on any atom is 0.251 e. The summed E-state index contributed by atoms with van der Waals surface area (Å²) in [4.78, 5) is 12.0. The van der Waals surface area contributed by atoms with Crippen LogP contribution < -0.4 is 10.6 Å². The van der Waals surface area contributed by atoms with Gasteiger partial charge in [-0.05, 0) is 24.6 Å². The van der Waals surface area contributed by atoms with E-state index < -0.39 is 0 Å². The van der Waals surface area contributed by atoms with Crippen LogP contribution in [0.5, 0.6) is 0 Å². The molecule has 2 rings (SSSR count).